The van der Waals surface area contributed by atoms with Crippen LogP contribution in [0.25, 0.3) is 5.76 Å². The number of ketones is 1. The lowest BCUT2D eigenvalue weighted by Gasteiger charge is -2.05. The van der Waals surface area contributed by atoms with Crippen molar-refractivity contribution in [2.45, 2.75) is 4.90 Å². The molecule has 0 aliphatic heterocycles. The summed E-state index contributed by atoms with van der Waals surface area (Å²) in [6.07, 6.45) is 4.18. The fraction of sp³-hybridized carbons (Fsp3) is 0. The van der Waals surface area contributed by atoms with E-state index in [1.807, 2.05) is 30.3 Å². The first-order chi connectivity index (χ1) is 10.7. The van der Waals surface area contributed by atoms with Gasteiger partial charge in [-0.2, -0.15) is 5.10 Å². The van der Waals surface area contributed by atoms with E-state index in [0.29, 0.717) is 5.69 Å². The monoisotopic (exact) mass is 312 g/mol. The van der Waals surface area contributed by atoms with E-state index < -0.39 is 0 Å². The van der Waals surface area contributed by atoms with E-state index in [9.17, 15) is 9.90 Å². The number of hydrogen-bond donors (Lipinski definition) is 2. The Morgan fingerprint density at radius 1 is 1.23 bits per heavy atom. The van der Waals surface area contributed by atoms with Gasteiger partial charge in [0.1, 0.15) is 6.33 Å². The smallest absolute Gasteiger partial charge is 0.206 e. The number of nitrogens with one attached hydrogen (secondary N) is 1. The highest BCUT2D eigenvalue weighted by molar-refractivity contribution is 7.97. The molecule has 0 spiro atoms. The average molecular weight is 312 g/mol. The number of aliphatic hydroxyl groups excluding tert-OH is 1. The van der Waals surface area contributed by atoms with Gasteiger partial charge in [0.05, 0.1) is 5.69 Å². The summed E-state index contributed by atoms with van der Waals surface area (Å²) in [5.41, 5.74) is 0.458. The van der Waals surface area contributed by atoms with Crippen molar-refractivity contribution in [1.82, 2.24) is 19.2 Å². The Kier molecular flexibility index (Phi) is 4.06. The topological polar surface area (TPSA) is 83.8 Å². The number of H-pyrrole nitrogens is 1. The van der Waals surface area contributed by atoms with E-state index in [1.165, 1.54) is 18.3 Å². The van der Waals surface area contributed by atoms with Gasteiger partial charge in [-0.05, 0) is 36.2 Å². The largest absolute Gasteiger partial charge is 0.504 e. The second-order valence-electron chi connectivity index (χ2n) is 4.35. The first-order valence-corrected chi connectivity index (χ1v) is 7.23. The summed E-state index contributed by atoms with van der Waals surface area (Å²) >= 11 is 1.42. The van der Waals surface area contributed by atoms with Crippen LogP contribution in [0.15, 0.2) is 66.0 Å². The molecule has 0 radical (unpaired) electrons. The molecule has 2 aromatic heterocycles. The number of allylic oxidation sites excluding steroid dienone is 1. The molecule has 0 aliphatic rings. The summed E-state index contributed by atoms with van der Waals surface area (Å²) in [4.78, 5) is 17.1. The lowest BCUT2D eigenvalue weighted by Crippen LogP contribution is -2.02. The van der Waals surface area contributed by atoms with Crippen LogP contribution in [0.4, 0.5) is 0 Å². The molecule has 0 saturated heterocycles. The summed E-state index contributed by atoms with van der Waals surface area (Å²) in [6.45, 7) is 0. The van der Waals surface area contributed by atoms with Crippen LogP contribution < -0.4 is 0 Å². The summed E-state index contributed by atoms with van der Waals surface area (Å²) in [7, 11) is 0. The number of aliphatic hydroxyl groups is 1. The lowest BCUT2D eigenvalue weighted by atomic mass is 10.2. The minimum atomic E-state index is -0.317. The van der Waals surface area contributed by atoms with Gasteiger partial charge in [-0.1, -0.05) is 18.2 Å². The second-order valence-corrected chi connectivity index (χ2v) is 5.40. The van der Waals surface area contributed by atoms with Gasteiger partial charge < -0.3 is 5.11 Å². The van der Waals surface area contributed by atoms with Crippen molar-refractivity contribution >= 4 is 23.5 Å². The van der Waals surface area contributed by atoms with E-state index in [-0.39, 0.29) is 17.4 Å². The van der Waals surface area contributed by atoms with Gasteiger partial charge in [0.15, 0.2) is 11.6 Å². The molecule has 110 valence electrons. The third-order valence-corrected chi connectivity index (χ3v) is 3.84. The zero-order chi connectivity index (χ0) is 15.4. The highest BCUT2D eigenvalue weighted by Crippen LogP contribution is 2.23. The molecule has 3 rings (SSSR count). The highest BCUT2D eigenvalue weighted by Gasteiger charge is 2.12. The van der Waals surface area contributed by atoms with Crippen molar-refractivity contribution in [2.75, 3.05) is 0 Å². The van der Waals surface area contributed by atoms with Crippen LogP contribution in [-0.2, 0) is 0 Å². The van der Waals surface area contributed by atoms with Crippen LogP contribution >= 0.6 is 11.9 Å². The highest BCUT2D eigenvalue weighted by atomic mass is 32.2. The molecule has 0 amide bonds. The molecule has 2 heterocycles. The number of nitrogens with zero attached hydrogens (tertiary/aromatic N) is 3. The van der Waals surface area contributed by atoms with Crippen LogP contribution in [0.1, 0.15) is 16.3 Å². The molecule has 0 aliphatic carbocycles. The van der Waals surface area contributed by atoms with Crippen LogP contribution in [-0.4, -0.2) is 30.0 Å². The van der Waals surface area contributed by atoms with Gasteiger partial charge in [0, 0.05) is 17.2 Å². The maximum absolute atomic E-state index is 12.3. The van der Waals surface area contributed by atoms with E-state index in [2.05, 4.69) is 15.2 Å². The molecule has 7 heteroatoms. The zero-order valence-corrected chi connectivity index (χ0v) is 12.2. The fourth-order valence-electron chi connectivity index (χ4n) is 1.83. The molecule has 22 heavy (non-hydrogen) atoms. The Morgan fingerprint density at radius 3 is 2.77 bits per heavy atom. The van der Waals surface area contributed by atoms with Gasteiger partial charge in [-0.25, -0.2) is 4.98 Å². The number of hydrogen-bond acceptors (Lipinski definition) is 5. The number of carbonyl (C=O) groups excluding carboxylic acids is 1. The molecule has 0 unspecified atom stereocenters. The molecule has 3 aromatic rings. The predicted molar refractivity (Wildman–Crippen MR) is 83.4 cm³/mol. The van der Waals surface area contributed by atoms with E-state index in [4.69, 9.17) is 0 Å². The van der Waals surface area contributed by atoms with Crippen LogP contribution in [0.3, 0.4) is 0 Å². The number of aromatic nitrogens is 4. The molecule has 1 aromatic carbocycles. The van der Waals surface area contributed by atoms with E-state index in [0.717, 1.165) is 11.0 Å². The van der Waals surface area contributed by atoms with Crippen LogP contribution in [0, 0.1) is 0 Å². The van der Waals surface area contributed by atoms with Crippen molar-refractivity contribution < 1.29 is 9.90 Å². The van der Waals surface area contributed by atoms with Crippen LogP contribution in [0.5, 0.6) is 0 Å². The summed E-state index contributed by atoms with van der Waals surface area (Å²) in [5.74, 6) is -0.413. The lowest BCUT2D eigenvalue weighted by molar-refractivity contribution is 0.104. The Labute approximate surface area is 130 Å². The average Bonchev–Trinajstić information content (AvgIpc) is 3.19. The SMILES string of the molecule is O=C(C=C(O)c1ncn[nH]1)c1cccn1Sc1ccccc1. The standard InChI is InChI=1S/C15H12N4O2S/c20-13(9-14(21)15-16-10-17-18-15)12-7-4-8-19(12)22-11-5-2-1-3-6-11/h1-10,21H,(H,16,17,18). The number of aromatic amines is 1. The molecule has 0 fully saturated rings. The molecule has 6 nitrogen and oxygen atoms in total. The van der Waals surface area contributed by atoms with Crippen molar-refractivity contribution in [3.63, 3.8) is 0 Å². The van der Waals surface area contributed by atoms with Crippen molar-refractivity contribution in [1.29, 1.82) is 0 Å². The molecule has 0 bridgehead atoms. The molecular weight excluding hydrogens is 300 g/mol. The first-order valence-electron chi connectivity index (χ1n) is 6.45. The Bertz CT molecular complexity index is 794. The number of carbonyl (C=O) groups is 1. The third-order valence-electron chi connectivity index (χ3n) is 2.84. The molecule has 2 N–H and O–H groups in total. The molecule has 0 saturated carbocycles. The summed E-state index contributed by atoms with van der Waals surface area (Å²) < 4.78 is 1.75. The Morgan fingerprint density at radius 2 is 2.05 bits per heavy atom. The molecular formula is C15H12N4O2S. The normalized spacial score (nSPS) is 11.5. The zero-order valence-electron chi connectivity index (χ0n) is 11.4. The third kappa shape index (κ3) is 3.09. The molecule has 0 atom stereocenters. The fourth-order valence-corrected chi connectivity index (χ4v) is 2.71. The predicted octanol–water partition coefficient (Wildman–Crippen LogP) is 2.94. The summed E-state index contributed by atoms with van der Waals surface area (Å²) in [6, 6.07) is 13.2. The van der Waals surface area contributed by atoms with Crippen molar-refractivity contribution in [3.05, 3.63) is 72.6 Å². The van der Waals surface area contributed by atoms with Gasteiger partial charge in [-0.3, -0.25) is 13.9 Å². The minimum Gasteiger partial charge on any atom is -0.504 e. The van der Waals surface area contributed by atoms with E-state index in [1.54, 1.807) is 22.3 Å². The van der Waals surface area contributed by atoms with Gasteiger partial charge >= 0.3 is 0 Å². The van der Waals surface area contributed by atoms with Gasteiger partial charge in [-0.15, -0.1) is 0 Å². The van der Waals surface area contributed by atoms with Crippen molar-refractivity contribution in [3.8, 4) is 0 Å². The summed E-state index contributed by atoms with van der Waals surface area (Å²) in [5, 5.41) is 16.0. The van der Waals surface area contributed by atoms with E-state index >= 15 is 0 Å². The minimum absolute atomic E-state index is 0.155. The van der Waals surface area contributed by atoms with Crippen LogP contribution in [0.2, 0.25) is 0 Å². The Balaban J connectivity index is 1.82. The van der Waals surface area contributed by atoms with Crippen molar-refractivity contribution in [2.24, 2.45) is 0 Å². The maximum atomic E-state index is 12.3. The Hall–Kier alpha value is -2.80. The quantitative estimate of drug-likeness (QED) is 0.430. The second kappa shape index (κ2) is 6.31. The van der Waals surface area contributed by atoms with Gasteiger partial charge in [0.2, 0.25) is 5.78 Å². The van der Waals surface area contributed by atoms with Gasteiger partial charge in [0.25, 0.3) is 0 Å². The number of rotatable bonds is 5. The number of benzene rings is 1. The maximum Gasteiger partial charge on any atom is 0.206 e. The first kappa shape index (κ1) is 14.2.